The van der Waals surface area contributed by atoms with Crippen molar-refractivity contribution in [2.45, 2.75) is 32.7 Å². The first-order valence-electron chi connectivity index (χ1n) is 12.9. The molecule has 0 aromatic heterocycles. The van der Waals surface area contributed by atoms with Gasteiger partial charge in [-0.1, -0.05) is 42.0 Å². The number of amides is 3. The number of hydrogen-bond donors (Lipinski definition) is 2. The van der Waals surface area contributed by atoms with Crippen molar-refractivity contribution >= 4 is 23.3 Å². The van der Waals surface area contributed by atoms with Crippen molar-refractivity contribution in [3.8, 4) is 0 Å². The second-order valence-electron chi connectivity index (χ2n) is 9.95. The van der Waals surface area contributed by atoms with E-state index in [1.165, 1.54) is 11.1 Å². The third-order valence-electron chi connectivity index (χ3n) is 7.28. The Kier molecular flexibility index (Phi) is 7.21. The smallest absolute Gasteiger partial charge is 0.319 e. The van der Waals surface area contributed by atoms with Crippen molar-refractivity contribution < 1.29 is 9.59 Å². The third-order valence-corrected chi connectivity index (χ3v) is 7.28. The fourth-order valence-corrected chi connectivity index (χ4v) is 5.18. The van der Waals surface area contributed by atoms with Crippen LogP contribution in [0.5, 0.6) is 0 Å². The molecule has 0 radical (unpaired) electrons. The van der Waals surface area contributed by atoms with Gasteiger partial charge in [0.2, 0.25) is 0 Å². The van der Waals surface area contributed by atoms with E-state index in [4.69, 9.17) is 0 Å². The summed E-state index contributed by atoms with van der Waals surface area (Å²) in [4.78, 5) is 29.8. The Morgan fingerprint density at radius 1 is 0.917 bits per heavy atom. The zero-order valence-electron chi connectivity index (χ0n) is 20.9. The molecular formula is C30H34N4O2. The number of carbonyl (C=O) groups excluding carboxylic acids is 2. The van der Waals surface area contributed by atoms with Crippen LogP contribution in [0, 0.1) is 12.8 Å². The van der Waals surface area contributed by atoms with Gasteiger partial charge in [-0.3, -0.25) is 4.79 Å². The molecule has 1 unspecified atom stereocenters. The summed E-state index contributed by atoms with van der Waals surface area (Å²) in [6.45, 7) is 5.88. The second-order valence-corrected chi connectivity index (χ2v) is 9.95. The first-order valence-corrected chi connectivity index (χ1v) is 12.9. The predicted octanol–water partition coefficient (Wildman–Crippen LogP) is 5.23. The van der Waals surface area contributed by atoms with Crippen LogP contribution in [0.15, 0.2) is 72.8 Å². The minimum absolute atomic E-state index is 0.0688. The lowest BCUT2D eigenvalue weighted by molar-refractivity contribution is 0.0675. The topological polar surface area (TPSA) is 64.7 Å². The lowest BCUT2D eigenvalue weighted by Gasteiger charge is -2.33. The Hall–Kier alpha value is -3.80. The lowest BCUT2D eigenvalue weighted by Crippen LogP contribution is -2.44. The Balaban J connectivity index is 1.13. The van der Waals surface area contributed by atoms with Crippen molar-refractivity contribution in [2.24, 2.45) is 5.92 Å². The number of carbonyl (C=O) groups is 2. The average Bonchev–Trinajstić information content (AvgIpc) is 2.93. The summed E-state index contributed by atoms with van der Waals surface area (Å²) >= 11 is 0. The number of nitrogens with zero attached hydrogens (tertiary/aromatic N) is 2. The quantitative estimate of drug-likeness (QED) is 0.523. The number of hydrogen-bond acceptors (Lipinski definition) is 3. The van der Waals surface area contributed by atoms with Crippen LogP contribution in [-0.4, -0.2) is 43.0 Å². The highest BCUT2D eigenvalue weighted by atomic mass is 16.2. The zero-order valence-corrected chi connectivity index (χ0v) is 20.9. The molecule has 36 heavy (non-hydrogen) atoms. The minimum Gasteiger partial charge on any atom is -0.367 e. The predicted molar refractivity (Wildman–Crippen MR) is 144 cm³/mol. The number of aryl methyl sites for hydroxylation is 1. The number of fused-ring (bicyclic) bond motifs is 1. The maximum atomic E-state index is 13.2. The van der Waals surface area contributed by atoms with Crippen molar-refractivity contribution in [3.05, 3.63) is 95.1 Å². The third kappa shape index (κ3) is 5.70. The van der Waals surface area contributed by atoms with Gasteiger partial charge in [-0.05, 0) is 79.6 Å². The van der Waals surface area contributed by atoms with E-state index in [-0.39, 0.29) is 17.9 Å². The van der Waals surface area contributed by atoms with Crippen LogP contribution >= 0.6 is 0 Å². The highest BCUT2D eigenvalue weighted by Gasteiger charge is 2.25. The highest BCUT2D eigenvalue weighted by molar-refractivity contribution is 5.94. The number of piperidine rings is 1. The molecule has 2 aliphatic heterocycles. The maximum Gasteiger partial charge on any atom is 0.319 e. The molecule has 0 bridgehead atoms. The Morgan fingerprint density at radius 2 is 1.67 bits per heavy atom. The molecule has 1 atom stereocenters. The van der Waals surface area contributed by atoms with Gasteiger partial charge in [-0.2, -0.15) is 0 Å². The highest BCUT2D eigenvalue weighted by Crippen LogP contribution is 2.25. The number of rotatable bonds is 5. The molecule has 2 heterocycles. The van der Waals surface area contributed by atoms with Crippen LogP contribution in [-0.2, 0) is 13.0 Å². The number of urea groups is 1. The van der Waals surface area contributed by atoms with Crippen LogP contribution in [0.25, 0.3) is 0 Å². The maximum absolute atomic E-state index is 13.2. The molecule has 186 valence electrons. The van der Waals surface area contributed by atoms with Gasteiger partial charge in [0.05, 0.1) is 0 Å². The molecule has 0 saturated carbocycles. The van der Waals surface area contributed by atoms with Gasteiger partial charge in [-0.15, -0.1) is 0 Å². The van der Waals surface area contributed by atoms with E-state index in [2.05, 4.69) is 51.9 Å². The van der Waals surface area contributed by atoms with Gasteiger partial charge in [0.1, 0.15) is 0 Å². The second kappa shape index (κ2) is 10.9. The molecule has 2 N–H and O–H groups in total. The van der Waals surface area contributed by atoms with Gasteiger partial charge in [0.25, 0.3) is 5.91 Å². The summed E-state index contributed by atoms with van der Waals surface area (Å²) in [6.07, 6.45) is 3.00. The van der Waals surface area contributed by atoms with Crippen molar-refractivity contribution in [1.29, 1.82) is 0 Å². The largest absolute Gasteiger partial charge is 0.367 e. The minimum atomic E-state index is -0.210. The van der Waals surface area contributed by atoms with Gasteiger partial charge in [-0.25, -0.2) is 4.79 Å². The van der Waals surface area contributed by atoms with Gasteiger partial charge >= 0.3 is 6.03 Å². The van der Waals surface area contributed by atoms with E-state index in [0.29, 0.717) is 13.1 Å². The van der Waals surface area contributed by atoms with E-state index >= 15 is 0 Å². The average molecular weight is 483 g/mol. The van der Waals surface area contributed by atoms with Gasteiger partial charge < -0.3 is 20.4 Å². The Morgan fingerprint density at radius 3 is 2.44 bits per heavy atom. The van der Waals surface area contributed by atoms with E-state index in [1.54, 1.807) is 0 Å². The molecule has 0 aliphatic carbocycles. The molecule has 3 amide bonds. The summed E-state index contributed by atoms with van der Waals surface area (Å²) in [5, 5.41) is 5.84. The standard InChI is InChI=1S/C30H34N4O2/c1-22-8-12-27(13-9-22)32-30(36)31-19-23-5-4-17-34(20-23)29(35)25-10-14-28(15-11-25)33-18-16-24-6-2-3-7-26(24)21-33/h2-3,6-15,23H,4-5,16-21H2,1H3,(H2,31,32,36). The first kappa shape index (κ1) is 23.9. The zero-order chi connectivity index (χ0) is 24.9. The number of anilines is 2. The van der Waals surface area contributed by atoms with Crippen molar-refractivity contribution in [1.82, 2.24) is 10.2 Å². The van der Waals surface area contributed by atoms with Crippen LogP contribution in [0.2, 0.25) is 0 Å². The summed E-state index contributed by atoms with van der Waals surface area (Å²) in [6, 6.07) is 24.2. The Bertz CT molecular complexity index is 1210. The van der Waals surface area contributed by atoms with Gasteiger partial charge in [0.15, 0.2) is 0 Å². The Labute approximate surface area is 213 Å². The van der Waals surface area contributed by atoms with Crippen LogP contribution in [0.3, 0.4) is 0 Å². The van der Waals surface area contributed by atoms with Crippen LogP contribution in [0.1, 0.15) is 39.9 Å². The molecule has 6 nitrogen and oxygen atoms in total. The number of benzene rings is 3. The van der Waals surface area contributed by atoms with Crippen LogP contribution in [0.4, 0.5) is 16.2 Å². The molecule has 1 saturated heterocycles. The summed E-state index contributed by atoms with van der Waals surface area (Å²) < 4.78 is 0. The molecule has 2 aliphatic rings. The molecular weight excluding hydrogens is 448 g/mol. The van der Waals surface area contributed by atoms with Crippen LogP contribution < -0.4 is 15.5 Å². The SMILES string of the molecule is Cc1ccc(NC(=O)NCC2CCCN(C(=O)c3ccc(N4CCc5ccccc5C4)cc3)C2)cc1. The molecule has 1 fully saturated rings. The van der Waals surface area contributed by atoms with Crippen molar-refractivity contribution in [3.63, 3.8) is 0 Å². The molecule has 3 aromatic carbocycles. The number of nitrogens with one attached hydrogen (secondary N) is 2. The summed E-state index contributed by atoms with van der Waals surface area (Å²) in [5.74, 6) is 0.318. The lowest BCUT2D eigenvalue weighted by atomic mass is 9.97. The fourth-order valence-electron chi connectivity index (χ4n) is 5.18. The number of likely N-dealkylation sites (tertiary alicyclic amines) is 1. The summed E-state index contributed by atoms with van der Waals surface area (Å²) in [5.41, 5.74) is 6.62. The van der Waals surface area contributed by atoms with Gasteiger partial charge in [0, 0.05) is 49.7 Å². The van der Waals surface area contributed by atoms with E-state index < -0.39 is 0 Å². The first-order chi connectivity index (χ1) is 17.5. The molecule has 6 heteroatoms. The van der Waals surface area contributed by atoms with E-state index in [9.17, 15) is 9.59 Å². The fraction of sp³-hybridized carbons (Fsp3) is 0.333. The monoisotopic (exact) mass is 482 g/mol. The summed E-state index contributed by atoms with van der Waals surface area (Å²) in [7, 11) is 0. The van der Waals surface area contributed by atoms with E-state index in [0.717, 1.165) is 61.4 Å². The molecule has 0 spiro atoms. The normalized spacial score (nSPS) is 17.3. The molecule has 5 rings (SSSR count). The van der Waals surface area contributed by atoms with E-state index in [1.807, 2.05) is 48.2 Å². The molecule has 3 aromatic rings. The van der Waals surface area contributed by atoms with Crippen molar-refractivity contribution in [2.75, 3.05) is 36.4 Å².